The Morgan fingerprint density at radius 3 is 2.47 bits per heavy atom. The van der Waals surface area contributed by atoms with Crippen LogP contribution in [0.4, 0.5) is 8.78 Å². The molecule has 0 aliphatic heterocycles. The highest BCUT2D eigenvalue weighted by Crippen LogP contribution is 2.17. The summed E-state index contributed by atoms with van der Waals surface area (Å²) in [7, 11) is 0. The zero-order valence-corrected chi connectivity index (χ0v) is 9.15. The maximum Gasteiger partial charge on any atom is 0.232 e. The first kappa shape index (κ1) is 11.7. The van der Waals surface area contributed by atoms with Crippen LogP contribution in [0, 0.1) is 11.6 Å². The fourth-order valence-corrected chi connectivity index (χ4v) is 1.37. The van der Waals surface area contributed by atoms with Crippen LogP contribution in [0.2, 0.25) is 0 Å². The maximum absolute atomic E-state index is 13.3. The molecule has 2 aromatic rings. The lowest BCUT2D eigenvalue weighted by atomic mass is 10.1. The summed E-state index contributed by atoms with van der Waals surface area (Å²) in [5.41, 5.74) is 5.45. The van der Waals surface area contributed by atoms with E-state index in [1.807, 2.05) is 0 Å². The van der Waals surface area contributed by atoms with Crippen molar-refractivity contribution in [1.82, 2.24) is 10.2 Å². The third-order valence-corrected chi connectivity index (χ3v) is 2.26. The van der Waals surface area contributed by atoms with Crippen LogP contribution in [0.3, 0.4) is 0 Å². The Kier molecular flexibility index (Phi) is 3.14. The van der Waals surface area contributed by atoms with Gasteiger partial charge in [0.15, 0.2) is 0 Å². The van der Waals surface area contributed by atoms with E-state index in [0.29, 0.717) is 0 Å². The highest BCUT2D eigenvalue weighted by Gasteiger charge is 2.15. The van der Waals surface area contributed by atoms with E-state index in [1.54, 1.807) is 6.92 Å². The summed E-state index contributed by atoms with van der Waals surface area (Å²) in [5.74, 6) is -0.880. The van der Waals surface area contributed by atoms with Gasteiger partial charge in [0.05, 0.1) is 12.5 Å². The van der Waals surface area contributed by atoms with Gasteiger partial charge in [0.1, 0.15) is 11.6 Å². The van der Waals surface area contributed by atoms with Gasteiger partial charge in [-0.15, -0.1) is 10.2 Å². The molecule has 1 aromatic carbocycles. The van der Waals surface area contributed by atoms with Gasteiger partial charge in [-0.05, 0) is 19.1 Å². The molecule has 0 bridgehead atoms. The summed E-state index contributed by atoms with van der Waals surface area (Å²) in [5, 5.41) is 7.37. The normalized spacial score (nSPS) is 12.7. The van der Waals surface area contributed by atoms with Crippen molar-refractivity contribution in [2.75, 3.05) is 0 Å². The van der Waals surface area contributed by atoms with Gasteiger partial charge in [-0.2, -0.15) is 0 Å². The van der Waals surface area contributed by atoms with Crippen LogP contribution < -0.4 is 5.73 Å². The van der Waals surface area contributed by atoms with Crippen LogP contribution in [0.1, 0.15) is 30.3 Å². The first-order chi connectivity index (χ1) is 8.08. The van der Waals surface area contributed by atoms with Crippen LogP contribution in [-0.2, 0) is 6.42 Å². The number of hydrogen-bond donors (Lipinski definition) is 1. The highest BCUT2D eigenvalue weighted by atomic mass is 19.1. The second-order valence-electron chi connectivity index (χ2n) is 3.70. The average Bonchev–Trinajstić information content (AvgIpc) is 2.72. The number of halogens is 2. The molecule has 1 atom stereocenters. The van der Waals surface area contributed by atoms with E-state index < -0.39 is 17.7 Å². The van der Waals surface area contributed by atoms with E-state index in [9.17, 15) is 8.78 Å². The summed E-state index contributed by atoms with van der Waals surface area (Å²) in [6.07, 6.45) is -0.0851. The van der Waals surface area contributed by atoms with Crippen molar-refractivity contribution in [3.63, 3.8) is 0 Å². The molecular formula is C11H11F2N3O. The zero-order valence-electron chi connectivity index (χ0n) is 9.15. The first-order valence-electron chi connectivity index (χ1n) is 5.08. The Balaban J connectivity index is 2.25. The fraction of sp³-hybridized carbons (Fsp3) is 0.273. The second-order valence-corrected chi connectivity index (χ2v) is 3.70. The van der Waals surface area contributed by atoms with Gasteiger partial charge in [-0.25, -0.2) is 8.78 Å². The van der Waals surface area contributed by atoms with E-state index in [1.165, 1.54) is 18.2 Å². The van der Waals surface area contributed by atoms with Crippen LogP contribution in [-0.4, -0.2) is 10.2 Å². The minimum atomic E-state index is -0.634. The molecule has 0 spiro atoms. The van der Waals surface area contributed by atoms with Gasteiger partial charge in [-0.3, -0.25) is 0 Å². The quantitative estimate of drug-likeness (QED) is 0.889. The molecule has 1 heterocycles. The molecule has 4 nitrogen and oxygen atoms in total. The van der Waals surface area contributed by atoms with Crippen LogP contribution in [0.15, 0.2) is 22.6 Å². The van der Waals surface area contributed by atoms with Crippen molar-refractivity contribution in [3.05, 3.63) is 47.2 Å². The molecule has 1 aromatic heterocycles. The molecule has 6 heteroatoms. The topological polar surface area (TPSA) is 64.9 Å². The predicted octanol–water partition coefficient (Wildman–Crippen LogP) is 1.96. The Morgan fingerprint density at radius 1 is 1.29 bits per heavy atom. The molecule has 0 aliphatic rings. The van der Waals surface area contributed by atoms with Crippen LogP contribution >= 0.6 is 0 Å². The molecule has 0 radical (unpaired) electrons. The van der Waals surface area contributed by atoms with Crippen LogP contribution in [0.5, 0.6) is 0 Å². The minimum Gasteiger partial charge on any atom is -0.423 e. The highest BCUT2D eigenvalue weighted by molar-refractivity contribution is 5.22. The van der Waals surface area contributed by atoms with Crippen LogP contribution in [0.25, 0.3) is 0 Å². The van der Waals surface area contributed by atoms with Crippen molar-refractivity contribution in [2.45, 2.75) is 19.4 Å². The SMILES string of the molecule is CC(N)c1nnc(Cc2c(F)cccc2F)o1. The van der Waals surface area contributed by atoms with Gasteiger partial charge < -0.3 is 10.2 Å². The Morgan fingerprint density at radius 2 is 1.94 bits per heavy atom. The maximum atomic E-state index is 13.3. The molecule has 0 aliphatic carbocycles. The van der Waals surface area contributed by atoms with E-state index in [-0.39, 0.29) is 23.8 Å². The van der Waals surface area contributed by atoms with Gasteiger partial charge >= 0.3 is 0 Å². The van der Waals surface area contributed by atoms with Gasteiger partial charge in [0.25, 0.3) is 0 Å². The average molecular weight is 239 g/mol. The lowest BCUT2D eigenvalue weighted by molar-refractivity contribution is 0.428. The zero-order chi connectivity index (χ0) is 12.4. The van der Waals surface area contributed by atoms with E-state index >= 15 is 0 Å². The number of hydrogen-bond acceptors (Lipinski definition) is 4. The molecule has 17 heavy (non-hydrogen) atoms. The Bertz CT molecular complexity index is 505. The lowest BCUT2D eigenvalue weighted by Gasteiger charge is -2.01. The first-order valence-corrected chi connectivity index (χ1v) is 5.08. The van der Waals surface area contributed by atoms with Gasteiger partial charge in [0.2, 0.25) is 11.8 Å². The van der Waals surface area contributed by atoms with Crippen molar-refractivity contribution >= 4 is 0 Å². The van der Waals surface area contributed by atoms with E-state index in [0.717, 1.165) is 0 Å². The Labute approximate surface area is 96.5 Å². The monoisotopic (exact) mass is 239 g/mol. The molecule has 0 fully saturated rings. The van der Waals surface area contributed by atoms with Crippen molar-refractivity contribution in [2.24, 2.45) is 5.73 Å². The fourth-order valence-electron chi connectivity index (χ4n) is 1.37. The summed E-state index contributed by atoms with van der Waals surface area (Å²) in [4.78, 5) is 0. The molecule has 1 unspecified atom stereocenters. The number of nitrogens with zero attached hydrogens (tertiary/aromatic N) is 2. The molecule has 2 N–H and O–H groups in total. The molecular weight excluding hydrogens is 228 g/mol. The standard InChI is InChI=1S/C11H11F2N3O/c1-6(14)11-16-15-10(17-11)5-7-8(12)3-2-4-9(7)13/h2-4,6H,5,14H2,1H3. The van der Waals surface area contributed by atoms with Crippen molar-refractivity contribution < 1.29 is 13.2 Å². The van der Waals surface area contributed by atoms with E-state index in [4.69, 9.17) is 10.2 Å². The summed E-state index contributed by atoms with van der Waals surface area (Å²) in [6, 6.07) is 3.26. The lowest BCUT2D eigenvalue weighted by Crippen LogP contribution is -2.04. The minimum absolute atomic E-state index is 0.0851. The summed E-state index contributed by atoms with van der Waals surface area (Å²) < 4.78 is 31.9. The van der Waals surface area contributed by atoms with E-state index in [2.05, 4.69) is 10.2 Å². The number of nitrogens with two attached hydrogens (primary N) is 1. The molecule has 0 saturated heterocycles. The second kappa shape index (κ2) is 4.58. The predicted molar refractivity (Wildman–Crippen MR) is 56.1 cm³/mol. The molecule has 2 rings (SSSR count). The number of rotatable bonds is 3. The third-order valence-electron chi connectivity index (χ3n) is 2.26. The van der Waals surface area contributed by atoms with Crippen molar-refractivity contribution in [3.8, 4) is 0 Å². The third kappa shape index (κ3) is 2.47. The summed E-state index contributed by atoms with van der Waals surface area (Å²) >= 11 is 0. The summed E-state index contributed by atoms with van der Waals surface area (Å²) in [6.45, 7) is 1.68. The Hall–Kier alpha value is -1.82. The smallest absolute Gasteiger partial charge is 0.232 e. The largest absolute Gasteiger partial charge is 0.423 e. The molecule has 0 saturated carbocycles. The van der Waals surface area contributed by atoms with Gasteiger partial charge in [0, 0.05) is 5.56 Å². The number of benzene rings is 1. The van der Waals surface area contributed by atoms with Gasteiger partial charge in [-0.1, -0.05) is 6.07 Å². The van der Waals surface area contributed by atoms with Crippen molar-refractivity contribution in [1.29, 1.82) is 0 Å². The molecule has 90 valence electrons. The molecule has 0 amide bonds. The number of aromatic nitrogens is 2.